The molecule has 0 atom stereocenters. The number of hydrogen-bond donors (Lipinski definition) is 0. The number of carbonyl (C=O) groups is 1. The van der Waals surface area contributed by atoms with Crippen LogP contribution in [0.25, 0.3) is 27.6 Å². The van der Waals surface area contributed by atoms with Gasteiger partial charge in [-0.1, -0.05) is 30.3 Å². The number of rotatable bonds is 0. The van der Waals surface area contributed by atoms with Gasteiger partial charge in [-0.3, -0.25) is 13.8 Å². The molecule has 0 radical (unpaired) electrons. The molecule has 0 unspecified atom stereocenters. The molecule has 0 aliphatic heterocycles. The summed E-state index contributed by atoms with van der Waals surface area (Å²) in [5, 5.41) is 1.15. The standard InChI is InChI=1S/C16H12N2O/c1-11(19)17-14-8-4-5-9-15(14)18-13-7-3-2-6-12(13)10-16(17)18/h2-10H,1H3. The second kappa shape index (κ2) is 3.48. The van der Waals surface area contributed by atoms with E-state index in [9.17, 15) is 4.79 Å². The van der Waals surface area contributed by atoms with Crippen molar-refractivity contribution in [1.29, 1.82) is 0 Å². The maximum absolute atomic E-state index is 12.0. The Kier molecular flexibility index (Phi) is 1.90. The molecule has 19 heavy (non-hydrogen) atoms. The minimum Gasteiger partial charge on any atom is -0.293 e. The second-order valence-corrected chi connectivity index (χ2v) is 4.74. The number of aromatic nitrogens is 2. The van der Waals surface area contributed by atoms with Gasteiger partial charge in [0.15, 0.2) is 0 Å². The van der Waals surface area contributed by atoms with Crippen molar-refractivity contribution in [3.63, 3.8) is 0 Å². The third kappa shape index (κ3) is 1.24. The van der Waals surface area contributed by atoms with Crippen LogP contribution in [0.4, 0.5) is 0 Å². The Bertz CT molecular complexity index is 943. The number of para-hydroxylation sites is 3. The minimum absolute atomic E-state index is 0.0361. The Morgan fingerprint density at radius 1 is 0.895 bits per heavy atom. The molecule has 0 amide bonds. The van der Waals surface area contributed by atoms with Crippen molar-refractivity contribution in [3.8, 4) is 0 Å². The van der Waals surface area contributed by atoms with E-state index in [1.165, 1.54) is 0 Å². The van der Waals surface area contributed by atoms with E-state index in [4.69, 9.17) is 0 Å². The van der Waals surface area contributed by atoms with E-state index in [-0.39, 0.29) is 5.91 Å². The summed E-state index contributed by atoms with van der Waals surface area (Å²) in [6.45, 7) is 1.60. The van der Waals surface area contributed by atoms with E-state index in [1.807, 2.05) is 36.4 Å². The fraction of sp³-hybridized carbons (Fsp3) is 0.0625. The molecule has 92 valence electrons. The van der Waals surface area contributed by atoms with E-state index in [0.717, 1.165) is 27.6 Å². The van der Waals surface area contributed by atoms with Crippen molar-refractivity contribution in [2.24, 2.45) is 0 Å². The molecule has 0 saturated carbocycles. The predicted molar refractivity (Wildman–Crippen MR) is 76.7 cm³/mol. The quantitative estimate of drug-likeness (QED) is 0.466. The highest BCUT2D eigenvalue weighted by Gasteiger charge is 2.15. The third-order valence-electron chi connectivity index (χ3n) is 3.60. The van der Waals surface area contributed by atoms with Crippen molar-refractivity contribution in [3.05, 3.63) is 54.6 Å². The third-order valence-corrected chi connectivity index (χ3v) is 3.60. The number of nitrogens with zero attached hydrogens (tertiary/aromatic N) is 2. The van der Waals surface area contributed by atoms with Crippen LogP contribution < -0.4 is 0 Å². The summed E-state index contributed by atoms with van der Waals surface area (Å²) < 4.78 is 3.92. The first-order valence-electron chi connectivity index (χ1n) is 6.28. The lowest BCUT2D eigenvalue weighted by Crippen LogP contribution is -2.04. The average Bonchev–Trinajstić information content (AvgIpc) is 2.91. The van der Waals surface area contributed by atoms with Crippen LogP contribution in [0.5, 0.6) is 0 Å². The number of imidazole rings is 1. The fourth-order valence-corrected chi connectivity index (χ4v) is 2.85. The molecule has 0 bridgehead atoms. The Hall–Kier alpha value is -2.55. The van der Waals surface area contributed by atoms with Gasteiger partial charge in [0, 0.05) is 12.3 Å². The van der Waals surface area contributed by atoms with Gasteiger partial charge in [0.2, 0.25) is 5.91 Å². The van der Waals surface area contributed by atoms with Gasteiger partial charge in [-0.05, 0) is 24.3 Å². The van der Waals surface area contributed by atoms with Gasteiger partial charge in [-0.2, -0.15) is 0 Å². The second-order valence-electron chi connectivity index (χ2n) is 4.74. The molecule has 2 aromatic heterocycles. The zero-order valence-corrected chi connectivity index (χ0v) is 10.5. The van der Waals surface area contributed by atoms with Crippen LogP contribution in [-0.4, -0.2) is 14.9 Å². The minimum atomic E-state index is 0.0361. The molecule has 3 nitrogen and oxygen atoms in total. The Balaban J connectivity index is 2.38. The molecule has 0 fully saturated rings. The van der Waals surface area contributed by atoms with Crippen molar-refractivity contribution in [2.75, 3.05) is 0 Å². The first-order chi connectivity index (χ1) is 9.27. The molecule has 0 saturated heterocycles. The van der Waals surface area contributed by atoms with Gasteiger partial charge in [0.1, 0.15) is 5.65 Å². The Morgan fingerprint density at radius 3 is 2.26 bits per heavy atom. The normalized spacial score (nSPS) is 11.6. The van der Waals surface area contributed by atoms with Gasteiger partial charge >= 0.3 is 0 Å². The molecule has 2 heterocycles. The van der Waals surface area contributed by atoms with Gasteiger partial charge in [-0.25, -0.2) is 0 Å². The molecule has 0 aliphatic carbocycles. The lowest BCUT2D eigenvalue weighted by Gasteiger charge is -1.98. The lowest BCUT2D eigenvalue weighted by molar-refractivity contribution is 0.0946. The number of carbonyl (C=O) groups excluding carboxylic acids is 1. The molecule has 0 spiro atoms. The molecule has 4 rings (SSSR count). The first-order valence-corrected chi connectivity index (χ1v) is 6.28. The maximum Gasteiger partial charge on any atom is 0.229 e. The topological polar surface area (TPSA) is 26.4 Å². The van der Waals surface area contributed by atoms with E-state index in [2.05, 4.69) is 22.6 Å². The van der Waals surface area contributed by atoms with Crippen LogP contribution >= 0.6 is 0 Å². The number of hydrogen-bond acceptors (Lipinski definition) is 1. The summed E-state index contributed by atoms with van der Waals surface area (Å²) in [5.74, 6) is 0.0361. The van der Waals surface area contributed by atoms with E-state index in [1.54, 1.807) is 11.5 Å². The monoisotopic (exact) mass is 248 g/mol. The molecule has 2 aromatic carbocycles. The fourth-order valence-electron chi connectivity index (χ4n) is 2.85. The summed E-state index contributed by atoms with van der Waals surface area (Å²) >= 11 is 0. The van der Waals surface area contributed by atoms with Crippen LogP contribution in [0, 0.1) is 0 Å². The van der Waals surface area contributed by atoms with Crippen LogP contribution in [0.15, 0.2) is 54.6 Å². The van der Waals surface area contributed by atoms with Gasteiger partial charge in [0.05, 0.1) is 16.6 Å². The highest BCUT2D eigenvalue weighted by Crippen LogP contribution is 2.28. The van der Waals surface area contributed by atoms with Crippen molar-refractivity contribution < 1.29 is 4.79 Å². The molecular formula is C16H12N2O. The highest BCUT2D eigenvalue weighted by atomic mass is 16.1. The van der Waals surface area contributed by atoms with Crippen LogP contribution in [-0.2, 0) is 0 Å². The van der Waals surface area contributed by atoms with Crippen LogP contribution in [0.3, 0.4) is 0 Å². The van der Waals surface area contributed by atoms with Gasteiger partial charge < -0.3 is 0 Å². The Labute approximate surface area is 109 Å². The molecule has 4 aromatic rings. The number of benzene rings is 2. The number of fused-ring (bicyclic) bond motifs is 5. The highest BCUT2D eigenvalue weighted by molar-refractivity contribution is 6.01. The summed E-state index contributed by atoms with van der Waals surface area (Å²) in [7, 11) is 0. The van der Waals surface area contributed by atoms with Crippen molar-refractivity contribution >= 4 is 33.5 Å². The molecular weight excluding hydrogens is 236 g/mol. The summed E-state index contributed by atoms with van der Waals surface area (Å²) in [5.41, 5.74) is 4.08. The SMILES string of the molecule is CC(=O)n1c2ccccc2n2c3ccccc3cc12. The zero-order valence-electron chi connectivity index (χ0n) is 10.5. The summed E-state index contributed by atoms with van der Waals surface area (Å²) in [6.07, 6.45) is 0. The van der Waals surface area contributed by atoms with Crippen molar-refractivity contribution in [1.82, 2.24) is 8.97 Å². The zero-order chi connectivity index (χ0) is 13.0. The predicted octanol–water partition coefficient (Wildman–Crippen LogP) is 3.71. The van der Waals surface area contributed by atoms with Gasteiger partial charge in [0.25, 0.3) is 0 Å². The first kappa shape index (κ1) is 10.4. The van der Waals surface area contributed by atoms with Gasteiger partial charge in [-0.15, -0.1) is 0 Å². The van der Waals surface area contributed by atoms with Crippen molar-refractivity contribution in [2.45, 2.75) is 6.92 Å². The van der Waals surface area contributed by atoms with E-state index >= 15 is 0 Å². The Morgan fingerprint density at radius 2 is 1.53 bits per heavy atom. The van der Waals surface area contributed by atoms with Crippen LogP contribution in [0.2, 0.25) is 0 Å². The van der Waals surface area contributed by atoms with E-state index in [0.29, 0.717) is 0 Å². The summed E-state index contributed by atoms with van der Waals surface area (Å²) in [4.78, 5) is 12.0. The largest absolute Gasteiger partial charge is 0.293 e. The molecule has 3 heteroatoms. The molecule has 0 N–H and O–H groups in total. The summed E-state index contributed by atoms with van der Waals surface area (Å²) in [6, 6.07) is 18.3. The average molecular weight is 248 g/mol. The molecule has 0 aliphatic rings. The van der Waals surface area contributed by atoms with Crippen LogP contribution in [0.1, 0.15) is 11.7 Å². The van der Waals surface area contributed by atoms with E-state index < -0.39 is 0 Å². The smallest absolute Gasteiger partial charge is 0.229 e. The maximum atomic E-state index is 12.0. The lowest BCUT2D eigenvalue weighted by atomic mass is 10.2.